The van der Waals surface area contributed by atoms with Gasteiger partial charge in [-0.3, -0.25) is 0 Å². The highest BCUT2D eigenvalue weighted by atomic mass is 16.5. The van der Waals surface area contributed by atoms with E-state index in [2.05, 4.69) is 11.0 Å². The van der Waals surface area contributed by atoms with Gasteiger partial charge in [0.2, 0.25) is 0 Å². The lowest BCUT2D eigenvalue weighted by Gasteiger charge is -2.25. The second-order valence-corrected chi connectivity index (χ2v) is 7.18. The number of ether oxygens (including phenoxy) is 2. The maximum atomic E-state index is 11.4. The number of rotatable bonds is 10. The van der Waals surface area contributed by atoms with E-state index < -0.39 is 5.97 Å². The van der Waals surface area contributed by atoms with Gasteiger partial charge in [-0.05, 0) is 47.0 Å². The van der Waals surface area contributed by atoms with Gasteiger partial charge >= 0.3 is 5.97 Å². The summed E-state index contributed by atoms with van der Waals surface area (Å²) in [6.07, 6.45) is 0. The molecule has 31 heavy (non-hydrogen) atoms. The molecule has 3 N–H and O–H groups in total. The minimum absolute atomic E-state index is 0.249. The van der Waals surface area contributed by atoms with Gasteiger partial charge < -0.3 is 25.2 Å². The number of methoxy groups -OCH3 is 2. The van der Waals surface area contributed by atoms with Crippen LogP contribution in [0.3, 0.4) is 0 Å². The van der Waals surface area contributed by atoms with Crippen LogP contribution in [0.1, 0.15) is 10.4 Å². The smallest absolute Gasteiger partial charge is 0.335 e. The Morgan fingerprint density at radius 1 is 0.871 bits per heavy atom. The van der Waals surface area contributed by atoms with Crippen molar-refractivity contribution in [3.8, 4) is 22.3 Å². The molecule has 162 valence electrons. The van der Waals surface area contributed by atoms with Gasteiger partial charge in [-0.2, -0.15) is 0 Å². The zero-order valence-corrected chi connectivity index (χ0v) is 17.9. The zero-order chi connectivity index (χ0) is 22.2. The van der Waals surface area contributed by atoms with E-state index in [9.17, 15) is 9.90 Å². The third-order valence-corrected chi connectivity index (χ3v) is 5.17. The van der Waals surface area contributed by atoms with Crippen molar-refractivity contribution in [2.75, 3.05) is 51.2 Å². The lowest BCUT2D eigenvalue weighted by Crippen LogP contribution is -2.30. The number of nitrogens with zero attached hydrogens (tertiary/aromatic N) is 1. The van der Waals surface area contributed by atoms with Crippen molar-refractivity contribution < 1.29 is 19.4 Å². The normalized spacial score (nSPS) is 10.8. The number of nitrogen functional groups attached to an aromatic ring is 1. The number of carbonyl (C=O) groups is 1. The fourth-order valence-corrected chi connectivity index (χ4v) is 3.54. The summed E-state index contributed by atoms with van der Waals surface area (Å²) in [5, 5.41) is 9.38. The number of nitrogens with two attached hydrogens (primary N) is 1. The van der Waals surface area contributed by atoms with Crippen LogP contribution in [-0.2, 0) is 9.47 Å². The van der Waals surface area contributed by atoms with Crippen molar-refractivity contribution in [1.29, 1.82) is 0 Å². The highest BCUT2D eigenvalue weighted by molar-refractivity contribution is 5.93. The SMILES string of the molecule is COCCN(CCOC)c1ccc(N)c(-c2ccccc2-c2cccc(C(=O)O)c2)c1. The number of hydrogen-bond donors (Lipinski definition) is 2. The van der Waals surface area contributed by atoms with Crippen molar-refractivity contribution >= 4 is 17.3 Å². The second kappa shape index (κ2) is 10.6. The highest BCUT2D eigenvalue weighted by Crippen LogP contribution is 2.37. The maximum absolute atomic E-state index is 11.4. The average Bonchev–Trinajstić information content (AvgIpc) is 2.80. The minimum Gasteiger partial charge on any atom is -0.478 e. The minimum atomic E-state index is -0.951. The molecular formula is C25H28N2O4. The van der Waals surface area contributed by atoms with Crippen molar-refractivity contribution in [2.45, 2.75) is 0 Å². The van der Waals surface area contributed by atoms with Gasteiger partial charge in [-0.1, -0.05) is 36.4 Å². The van der Waals surface area contributed by atoms with Crippen LogP contribution in [0.25, 0.3) is 22.3 Å². The number of benzene rings is 3. The Balaban J connectivity index is 2.06. The van der Waals surface area contributed by atoms with E-state index in [0.717, 1.165) is 41.0 Å². The Labute approximate surface area is 182 Å². The molecule has 0 atom stereocenters. The molecule has 0 radical (unpaired) electrons. The molecule has 0 amide bonds. The summed E-state index contributed by atoms with van der Waals surface area (Å²) in [4.78, 5) is 13.6. The van der Waals surface area contributed by atoms with Crippen molar-refractivity contribution in [3.05, 3.63) is 72.3 Å². The summed E-state index contributed by atoms with van der Waals surface area (Å²) < 4.78 is 10.5. The first-order valence-corrected chi connectivity index (χ1v) is 10.1. The quantitative estimate of drug-likeness (QED) is 0.473. The van der Waals surface area contributed by atoms with Crippen molar-refractivity contribution in [3.63, 3.8) is 0 Å². The first-order chi connectivity index (χ1) is 15.0. The predicted octanol–water partition coefficient (Wildman–Crippen LogP) is 4.40. The van der Waals surface area contributed by atoms with Gasteiger partial charge in [-0.15, -0.1) is 0 Å². The molecule has 0 saturated heterocycles. The Morgan fingerprint density at radius 3 is 2.19 bits per heavy atom. The van der Waals surface area contributed by atoms with Gasteiger partial charge in [0.05, 0.1) is 18.8 Å². The summed E-state index contributed by atoms with van der Waals surface area (Å²) >= 11 is 0. The molecule has 0 saturated carbocycles. The van der Waals surface area contributed by atoms with E-state index in [-0.39, 0.29) is 5.56 Å². The van der Waals surface area contributed by atoms with Crippen molar-refractivity contribution in [1.82, 2.24) is 0 Å². The highest BCUT2D eigenvalue weighted by Gasteiger charge is 2.14. The van der Waals surface area contributed by atoms with E-state index in [1.165, 1.54) is 0 Å². The number of hydrogen-bond acceptors (Lipinski definition) is 5. The van der Waals surface area contributed by atoms with Crippen LogP contribution in [0.5, 0.6) is 0 Å². The fraction of sp³-hybridized carbons (Fsp3) is 0.240. The summed E-state index contributed by atoms with van der Waals surface area (Å²) in [6, 6.07) is 20.8. The maximum Gasteiger partial charge on any atom is 0.335 e. The van der Waals surface area contributed by atoms with E-state index in [1.807, 2.05) is 42.5 Å². The molecule has 0 aliphatic rings. The molecule has 0 aliphatic carbocycles. The van der Waals surface area contributed by atoms with Gasteiger partial charge in [0.25, 0.3) is 0 Å². The Bertz CT molecular complexity index is 1030. The van der Waals surface area contributed by atoms with Gasteiger partial charge in [0, 0.05) is 44.2 Å². The molecule has 0 heterocycles. The Kier molecular flexibility index (Phi) is 7.65. The van der Waals surface area contributed by atoms with Gasteiger partial charge in [0.1, 0.15) is 0 Å². The number of carboxylic acids is 1. The Hall–Kier alpha value is -3.35. The van der Waals surface area contributed by atoms with Crippen LogP contribution in [0.2, 0.25) is 0 Å². The summed E-state index contributed by atoms with van der Waals surface area (Å²) in [7, 11) is 3.37. The topological polar surface area (TPSA) is 85.0 Å². The average molecular weight is 421 g/mol. The second-order valence-electron chi connectivity index (χ2n) is 7.18. The monoisotopic (exact) mass is 420 g/mol. The molecule has 0 bridgehead atoms. The number of anilines is 2. The molecule has 0 aromatic heterocycles. The predicted molar refractivity (Wildman–Crippen MR) is 125 cm³/mol. The lowest BCUT2D eigenvalue weighted by atomic mass is 9.92. The van der Waals surface area contributed by atoms with Crippen LogP contribution in [0, 0.1) is 0 Å². The van der Waals surface area contributed by atoms with E-state index in [0.29, 0.717) is 18.9 Å². The van der Waals surface area contributed by atoms with Crippen LogP contribution in [0.4, 0.5) is 11.4 Å². The molecule has 6 nitrogen and oxygen atoms in total. The zero-order valence-electron chi connectivity index (χ0n) is 17.9. The van der Waals surface area contributed by atoms with E-state index >= 15 is 0 Å². The lowest BCUT2D eigenvalue weighted by molar-refractivity contribution is 0.0697. The molecule has 0 spiro atoms. The molecular weight excluding hydrogens is 392 g/mol. The number of carboxylic acid groups (broad SMARTS) is 1. The van der Waals surface area contributed by atoms with Crippen molar-refractivity contribution in [2.24, 2.45) is 0 Å². The van der Waals surface area contributed by atoms with Crippen LogP contribution >= 0.6 is 0 Å². The summed E-state index contributed by atoms with van der Waals surface area (Å²) in [5.41, 5.74) is 11.9. The Morgan fingerprint density at radius 2 is 1.55 bits per heavy atom. The summed E-state index contributed by atoms with van der Waals surface area (Å²) in [5.74, 6) is -0.951. The first kappa shape index (κ1) is 22.3. The first-order valence-electron chi connectivity index (χ1n) is 10.1. The van der Waals surface area contributed by atoms with Gasteiger partial charge in [-0.25, -0.2) is 4.79 Å². The number of aromatic carboxylic acids is 1. The standard InChI is InChI=1S/C25H28N2O4/c1-30-14-12-27(13-15-31-2)20-10-11-24(26)23(17-20)22-9-4-3-8-21(22)18-6-5-7-19(16-18)25(28)29/h3-11,16-17H,12-15,26H2,1-2H3,(H,28,29). The van der Waals surface area contributed by atoms with E-state index in [4.69, 9.17) is 15.2 Å². The summed E-state index contributed by atoms with van der Waals surface area (Å²) in [6.45, 7) is 2.65. The molecule has 3 aromatic carbocycles. The van der Waals surface area contributed by atoms with E-state index in [1.54, 1.807) is 32.4 Å². The van der Waals surface area contributed by atoms with Crippen LogP contribution in [0.15, 0.2) is 66.7 Å². The molecule has 3 rings (SSSR count). The molecule has 0 fully saturated rings. The molecule has 0 unspecified atom stereocenters. The third-order valence-electron chi connectivity index (χ3n) is 5.17. The van der Waals surface area contributed by atoms with Crippen LogP contribution < -0.4 is 10.6 Å². The molecule has 6 heteroatoms. The van der Waals surface area contributed by atoms with Gasteiger partial charge in [0.15, 0.2) is 0 Å². The molecule has 0 aliphatic heterocycles. The fourth-order valence-electron chi connectivity index (χ4n) is 3.54. The third kappa shape index (κ3) is 5.42. The molecule has 3 aromatic rings. The van der Waals surface area contributed by atoms with Crippen LogP contribution in [-0.4, -0.2) is 51.6 Å². The largest absolute Gasteiger partial charge is 0.478 e.